The molecule has 10 heteroatoms. The van der Waals surface area contributed by atoms with E-state index in [0.29, 0.717) is 0 Å². The number of aliphatic hydroxyl groups is 4. The van der Waals surface area contributed by atoms with Gasteiger partial charge in [-0.2, -0.15) is 0 Å². The first-order valence-corrected chi connectivity index (χ1v) is 4.40. The third-order valence-corrected chi connectivity index (χ3v) is 1.47. The van der Waals surface area contributed by atoms with Gasteiger partial charge in [-0.25, -0.2) is 19.2 Å². The normalized spacial score (nSPS) is 13.3. The molecule has 0 spiro atoms. The first-order valence-electron chi connectivity index (χ1n) is 4.40. The zero-order chi connectivity index (χ0) is 14.3. The molecule has 0 aromatic rings. The van der Waals surface area contributed by atoms with Gasteiger partial charge in [-0.05, 0) is 0 Å². The van der Waals surface area contributed by atoms with Gasteiger partial charge < -0.3 is 29.9 Å². The summed E-state index contributed by atoms with van der Waals surface area (Å²) in [6.07, 6.45) is -4.97. The minimum Gasteiger partial charge on any atom is -0.389 e. The van der Waals surface area contributed by atoms with E-state index in [1.54, 1.807) is 0 Å². The molecule has 0 bridgehead atoms. The zero-order valence-corrected chi connectivity index (χ0v) is 8.81. The molecule has 0 aliphatic heterocycles. The molecule has 102 valence electrons. The summed E-state index contributed by atoms with van der Waals surface area (Å²) in [6.45, 7) is -2.30. The van der Waals surface area contributed by atoms with Crippen molar-refractivity contribution in [3.8, 4) is 0 Å². The zero-order valence-electron chi connectivity index (χ0n) is 8.81. The van der Waals surface area contributed by atoms with Crippen LogP contribution in [-0.4, -0.2) is 69.7 Å². The van der Waals surface area contributed by atoms with Crippen molar-refractivity contribution in [3.05, 3.63) is 0 Å². The second kappa shape index (κ2) is 7.45. The summed E-state index contributed by atoms with van der Waals surface area (Å²) in [7, 11) is 0. The van der Waals surface area contributed by atoms with Gasteiger partial charge in [-0.3, -0.25) is 0 Å². The lowest BCUT2D eigenvalue weighted by Gasteiger charge is -2.13. The lowest BCUT2D eigenvalue weighted by atomic mass is 10.2. The van der Waals surface area contributed by atoms with E-state index in [1.165, 1.54) is 0 Å². The predicted molar refractivity (Wildman–Crippen MR) is 48.4 cm³/mol. The summed E-state index contributed by atoms with van der Waals surface area (Å²) >= 11 is 0. The van der Waals surface area contributed by atoms with Crippen molar-refractivity contribution in [1.82, 2.24) is 0 Å². The van der Waals surface area contributed by atoms with Crippen LogP contribution in [0.2, 0.25) is 0 Å². The predicted octanol–water partition coefficient (Wildman–Crippen LogP) is -4.17. The van der Waals surface area contributed by atoms with Crippen LogP contribution in [0.3, 0.4) is 0 Å². The van der Waals surface area contributed by atoms with Crippen molar-refractivity contribution in [1.29, 1.82) is 0 Å². The van der Waals surface area contributed by atoms with Gasteiger partial charge in [0.2, 0.25) is 0 Å². The monoisotopic (exact) mass is 266 g/mol. The first-order chi connectivity index (χ1) is 8.33. The maximum Gasteiger partial charge on any atom is 0.346 e. The highest BCUT2D eigenvalue weighted by Gasteiger charge is 2.35. The molecule has 0 radical (unpaired) electrons. The van der Waals surface area contributed by atoms with E-state index in [4.69, 9.17) is 20.4 Å². The molecule has 10 nitrogen and oxygen atoms in total. The summed E-state index contributed by atoms with van der Waals surface area (Å²) in [5.41, 5.74) is 0. The Hall–Kier alpha value is -1.88. The molecule has 0 saturated heterocycles. The minimum atomic E-state index is -2.49. The molecule has 2 atom stereocenters. The quantitative estimate of drug-likeness (QED) is 0.283. The van der Waals surface area contributed by atoms with E-state index in [9.17, 15) is 19.2 Å². The Balaban J connectivity index is 4.44. The molecule has 0 amide bonds. The van der Waals surface area contributed by atoms with Gasteiger partial charge in [0, 0.05) is 0 Å². The number of aliphatic hydroxyl groups excluding tert-OH is 4. The average molecular weight is 266 g/mol. The van der Waals surface area contributed by atoms with Gasteiger partial charge in [0.05, 0.1) is 0 Å². The van der Waals surface area contributed by atoms with E-state index >= 15 is 0 Å². The molecule has 0 aliphatic carbocycles. The fourth-order valence-corrected chi connectivity index (χ4v) is 0.667. The third-order valence-electron chi connectivity index (χ3n) is 1.47. The maximum atomic E-state index is 10.9. The Labute approximate surface area is 99.3 Å². The number of ether oxygens (including phenoxy) is 2. The maximum absolute atomic E-state index is 10.9. The summed E-state index contributed by atoms with van der Waals surface area (Å²) in [4.78, 5) is 42.7. The molecule has 0 rings (SSSR count). The number of esters is 4. The number of rotatable bonds is 5. The second-order valence-corrected chi connectivity index (χ2v) is 2.79. The van der Waals surface area contributed by atoms with E-state index in [-0.39, 0.29) is 0 Å². The van der Waals surface area contributed by atoms with E-state index in [1.807, 2.05) is 0 Å². The highest BCUT2D eigenvalue weighted by atomic mass is 16.6. The third kappa shape index (κ3) is 4.97. The Morgan fingerprint density at radius 2 is 1.06 bits per heavy atom. The van der Waals surface area contributed by atoms with Crippen molar-refractivity contribution >= 4 is 23.9 Å². The first kappa shape index (κ1) is 16.1. The Morgan fingerprint density at radius 3 is 1.28 bits per heavy atom. The number of hydrogen-bond acceptors (Lipinski definition) is 10. The molecule has 0 aromatic heterocycles. The van der Waals surface area contributed by atoms with Crippen LogP contribution >= 0.6 is 0 Å². The molecular formula is C8H10O10. The van der Waals surface area contributed by atoms with Gasteiger partial charge >= 0.3 is 23.9 Å². The summed E-state index contributed by atoms with van der Waals surface area (Å²) in [5.74, 6) is -6.25. The van der Waals surface area contributed by atoms with E-state index in [2.05, 4.69) is 9.47 Å². The average Bonchev–Trinajstić information content (AvgIpc) is 2.36. The van der Waals surface area contributed by atoms with Crippen molar-refractivity contribution < 1.29 is 49.1 Å². The largest absolute Gasteiger partial charge is 0.389 e. The molecule has 0 aromatic carbocycles. The molecule has 2 unspecified atom stereocenters. The molecule has 0 saturated carbocycles. The number of carbonyl (C=O) groups is 4. The van der Waals surface area contributed by atoms with Gasteiger partial charge in [-0.15, -0.1) is 0 Å². The van der Waals surface area contributed by atoms with Gasteiger partial charge in [0.15, 0.2) is 12.2 Å². The SMILES string of the molecule is O=C(CO)OC(=O)C(O)C(O)C(=O)OC(=O)CO. The summed E-state index contributed by atoms with van der Waals surface area (Å²) < 4.78 is 7.57. The highest BCUT2D eigenvalue weighted by molar-refractivity contribution is 5.94. The topological polar surface area (TPSA) is 168 Å². The molecule has 4 N–H and O–H groups in total. The molecule has 18 heavy (non-hydrogen) atoms. The van der Waals surface area contributed by atoms with E-state index < -0.39 is 49.3 Å². The van der Waals surface area contributed by atoms with Crippen molar-refractivity contribution in [2.45, 2.75) is 12.2 Å². The standard InChI is InChI=1S/C8H10O10/c9-1-3(11)17-7(15)5(13)6(14)8(16)18-4(12)2-10/h5-6,9-10,13-14H,1-2H2. The summed E-state index contributed by atoms with van der Waals surface area (Å²) in [5, 5.41) is 34.6. The second-order valence-electron chi connectivity index (χ2n) is 2.79. The Morgan fingerprint density at radius 1 is 0.778 bits per heavy atom. The van der Waals surface area contributed by atoms with Crippen molar-refractivity contribution in [2.75, 3.05) is 13.2 Å². The van der Waals surface area contributed by atoms with Crippen LogP contribution < -0.4 is 0 Å². The van der Waals surface area contributed by atoms with Crippen LogP contribution in [0.25, 0.3) is 0 Å². The van der Waals surface area contributed by atoms with Crippen LogP contribution in [0.4, 0.5) is 0 Å². The fraction of sp³-hybridized carbons (Fsp3) is 0.500. The fourth-order valence-electron chi connectivity index (χ4n) is 0.667. The molecule has 0 fully saturated rings. The Bertz CT molecular complexity index is 314. The lowest BCUT2D eigenvalue weighted by molar-refractivity contribution is -0.182. The van der Waals surface area contributed by atoms with Gasteiger partial charge in [-0.1, -0.05) is 0 Å². The lowest BCUT2D eigenvalue weighted by Crippen LogP contribution is -2.43. The number of carbonyl (C=O) groups excluding carboxylic acids is 4. The Kier molecular flexibility index (Phi) is 6.67. The number of hydrogen-bond donors (Lipinski definition) is 4. The van der Waals surface area contributed by atoms with Crippen LogP contribution in [0.5, 0.6) is 0 Å². The van der Waals surface area contributed by atoms with Crippen molar-refractivity contribution in [2.24, 2.45) is 0 Å². The smallest absolute Gasteiger partial charge is 0.346 e. The molecule has 0 aliphatic rings. The molecule has 0 heterocycles. The van der Waals surface area contributed by atoms with Gasteiger partial charge in [0.25, 0.3) is 0 Å². The minimum absolute atomic E-state index is 1.15. The van der Waals surface area contributed by atoms with Gasteiger partial charge in [0.1, 0.15) is 13.2 Å². The molecular weight excluding hydrogens is 256 g/mol. The summed E-state index contributed by atoms with van der Waals surface area (Å²) in [6, 6.07) is 0. The van der Waals surface area contributed by atoms with Crippen LogP contribution in [0.15, 0.2) is 0 Å². The van der Waals surface area contributed by atoms with E-state index in [0.717, 1.165) is 0 Å². The van der Waals surface area contributed by atoms with Crippen LogP contribution in [-0.2, 0) is 28.7 Å². The van der Waals surface area contributed by atoms with Crippen molar-refractivity contribution in [3.63, 3.8) is 0 Å². The van der Waals surface area contributed by atoms with Crippen LogP contribution in [0, 0.1) is 0 Å². The van der Waals surface area contributed by atoms with Crippen LogP contribution in [0.1, 0.15) is 0 Å². The highest BCUT2D eigenvalue weighted by Crippen LogP contribution is 2.00.